The molecule has 0 spiro atoms. The summed E-state index contributed by atoms with van der Waals surface area (Å²) in [7, 11) is 0. The van der Waals surface area contributed by atoms with E-state index in [1.54, 1.807) is 0 Å². The predicted molar refractivity (Wildman–Crippen MR) is 95.5 cm³/mol. The highest BCUT2D eigenvalue weighted by molar-refractivity contribution is 5.44. The van der Waals surface area contributed by atoms with E-state index in [4.69, 9.17) is 9.47 Å². The average molecular weight is 316 g/mol. The van der Waals surface area contributed by atoms with Crippen molar-refractivity contribution in [1.82, 2.24) is 0 Å². The monoisotopic (exact) mass is 316 g/mol. The van der Waals surface area contributed by atoms with Crippen LogP contribution in [-0.2, 0) is 4.74 Å². The van der Waals surface area contributed by atoms with Gasteiger partial charge in [-0.15, -0.1) is 0 Å². The van der Waals surface area contributed by atoms with E-state index in [0.717, 1.165) is 12.4 Å². The van der Waals surface area contributed by atoms with Crippen LogP contribution in [0.2, 0.25) is 0 Å². The largest absolute Gasteiger partial charge is 0.491 e. The molecule has 0 aliphatic carbocycles. The fourth-order valence-electron chi connectivity index (χ4n) is 2.98. The van der Waals surface area contributed by atoms with Crippen LogP contribution in [0.4, 0.5) is 0 Å². The zero-order chi connectivity index (χ0) is 16.2. The number of hydrogen-bond donors (Lipinski definition) is 0. The van der Waals surface area contributed by atoms with Crippen molar-refractivity contribution in [2.45, 2.75) is 12.0 Å². The van der Waals surface area contributed by atoms with Crippen LogP contribution in [0.15, 0.2) is 84.9 Å². The summed E-state index contributed by atoms with van der Waals surface area (Å²) in [6, 6.07) is 29.7. The molecule has 1 atom stereocenters. The van der Waals surface area contributed by atoms with E-state index in [2.05, 4.69) is 84.9 Å². The highest BCUT2D eigenvalue weighted by Crippen LogP contribution is 2.32. The molecule has 1 aliphatic rings. The van der Waals surface area contributed by atoms with Gasteiger partial charge in [-0.2, -0.15) is 0 Å². The fourth-order valence-corrected chi connectivity index (χ4v) is 2.98. The number of benzene rings is 3. The van der Waals surface area contributed by atoms with Crippen LogP contribution in [0.1, 0.15) is 22.6 Å². The van der Waals surface area contributed by atoms with Crippen LogP contribution in [0.25, 0.3) is 0 Å². The number of epoxide rings is 1. The Morgan fingerprint density at radius 1 is 0.750 bits per heavy atom. The minimum Gasteiger partial charge on any atom is -0.491 e. The summed E-state index contributed by atoms with van der Waals surface area (Å²) in [5, 5.41) is 0. The van der Waals surface area contributed by atoms with Gasteiger partial charge < -0.3 is 9.47 Å². The van der Waals surface area contributed by atoms with Gasteiger partial charge in [-0.1, -0.05) is 72.8 Å². The molecule has 3 aromatic carbocycles. The summed E-state index contributed by atoms with van der Waals surface area (Å²) in [6.07, 6.45) is 0.283. The first-order chi connectivity index (χ1) is 11.9. The van der Waals surface area contributed by atoms with Crippen molar-refractivity contribution < 1.29 is 9.47 Å². The average Bonchev–Trinajstić information content (AvgIpc) is 3.48. The lowest BCUT2D eigenvalue weighted by molar-refractivity contribution is 0.263. The quantitative estimate of drug-likeness (QED) is 0.488. The van der Waals surface area contributed by atoms with Crippen molar-refractivity contribution in [3.63, 3.8) is 0 Å². The van der Waals surface area contributed by atoms with Gasteiger partial charge in [-0.3, -0.25) is 0 Å². The Morgan fingerprint density at radius 3 is 1.75 bits per heavy atom. The van der Waals surface area contributed by atoms with E-state index in [9.17, 15) is 0 Å². The smallest absolute Gasteiger partial charge is 0.119 e. The Hall–Kier alpha value is -2.58. The Kier molecular flexibility index (Phi) is 4.30. The van der Waals surface area contributed by atoms with Gasteiger partial charge in [0.05, 0.1) is 6.61 Å². The van der Waals surface area contributed by atoms with E-state index in [1.165, 1.54) is 16.7 Å². The Balaban J connectivity index is 1.63. The van der Waals surface area contributed by atoms with Gasteiger partial charge in [0, 0.05) is 5.92 Å². The zero-order valence-corrected chi connectivity index (χ0v) is 13.5. The third-order valence-corrected chi connectivity index (χ3v) is 4.32. The molecule has 1 heterocycles. The lowest BCUT2D eigenvalue weighted by atomic mass is 9.85. The van der Waals surface area contributed by atoms with Crippen molar-refractivity contribution in [3.05, 3.63) is 102 Å². The third kappa shape index (κ3) is 3.50. The molecule has 0 radical (unpaired) electrons. The van der Waals surface area contributed by atoms with Crippen LogP contribution in [-0.4, -0.2) is 19.3 Å². The molecular formula is C22H20O2. The molecule has 0 N–H and O–H groups in total. The van der Waals surface area contributed by atoms with Gasteiger partial charge in [0.25, 0.3) is 0 Å². The number of ether oxygens (including phenoxy) is 2. The van der Waals surface area contributed by atoms with Gasteiger partial charge in [0.15, 0.2) is 0 Å². The SMILES string of the molecule is c1ccc(C(c2ccccc2)c2ccc(OCC3CO3)cc2)cc1. The van der Waals surface area contributed by atoms with Crippen LogP contribution in [0, 0.1) is 0 Å². The van der Waals surface area contributed by atoms with E-state index < -0.39 is 0 Å². The second-order valence-electron chi connectivity index (χ2n) is 6.09. The highest BCUT2D eigenvalue weighted by atomic mass is 16.6. The molecule has 1 saturated heterocycles. The van der Waals surface area contributed by atoms with Crippen LogP contribution < -0.4 is 4.74 Å². The minimum atomic E-state index is 0.230. The third-order valence-electron chi connectivity index (χ3n) is 4.32. The second-order valence-corrected chi connectivity index (χ2v) is 6.09. The first-order valence-electron chi connectivity index (χ1n) is 8.34. The Labute approximate surface area is 142 Å². The molecule has 1 aliphatic heterocycles. The van der Waals surface area contributed by atoms with E-state index in [-0.39, 0.29) is 12.0 Å². The number of rotatable bonds is 6. The summed E-state index contributed by atoms with van der Waals surface area (Å²) in [4.78, 5) is 0. The summed E-state index contributed by atoms with van der Waals surface area (Å²) >= 11 is 0. The lowest BCUT2D eigenvalue weighted by Gasteiger charge is -2.19. The molecule has 0 aromatic heterocycles. The minimum absolute atomic E-state index is 0.230. The van der Waals surface area contributed by atoms with Crippen molar-refractivity contribution in [1.29, 1.82) is 0 Å². The maximum absolute atomic E-state index is 5.75. The maximum atomic E-state index is 5.75. The topological polar surface area (TPSA) is 21.8 Å². The van der Waals surface area contributed by atoms with Crippen molar-refractivity contribution >= 4 is 0 Å². The molecule has 120 valence electrons. The van der Waals surface area contributed by atoms with Crippen molar-refractivity contribution in [2.24, 2.45) is 0 Å². The normalized spacial score (nSPS) is 16.1. The van der Waals surface area contributed by atoms with Gasteiger partial charge >= 0.3 is 0 Å². The molecule has 24 heavy (non-hydrogen) atoms. The zero-order valence-electron chi connectivity index (χ0n) is 13.5. The standard InChI is InChI=1S/C22H20O2/c1-3-7-17(8-4-1)22(18-9-5-2-6-10-18)19-11-13-20(14-12-19)23-15-21-16-24-21/h1-14,21-22H,15-16H2. The molecule has 0 amide bonds. The maximum Gasteiger partial charge on any atom is 0.119 e. The molecular weight excluding hydrogens is 296 g/mol. The number of hydrogen-bond acceptors (Lipinski definition) is 2. The summed E-state index contributed by atoms with van der Waals surface area (Å²) < 4.78 is 10.9. The molecule has 1 fully saturated rings. The van der Waals surface area contributed by atoms with E-state index in [0.29, 0.717) is 6.61 Å². The molecule has 0 bridgehead atoms. The highest BCUT2D eigenvalue weighted by Gasteiger charge is 2.23. The molecule has 1 unspecified atom stereocenters. The first kappa shape index (κ1) is 15.0. The Morgan fingerprint density at radius 2 is 1.25 bits per heavy atom. The predicted octanol–water partition coefficient (Wildman–Crippen LogP) is 4.64. The van der Waals surface area contributed by atoms with Gasteiger partial charge in [0.2, 0.25) is 0 Å². The van der Waals surface area contributed by atoms with Crippen molar-refractivity contribution in [3.8, 4) is 5.75 Å². The van der Waals surface area contributed by atoms with Gasteiger partial charge in [0.1, 0.15) is 18.5 Å². The Bertz CT molecular complexity index is 723. The molecule has 0 saturated carbocycles. The molecule has 2 heteroatoms. The molecule has 2 nitrogen and oxygen atoms in total. The van der Waals surface area contributed by atoms with Crippen molar-refractivity contribution in [2.75, 3.05) is 13.2 Å². The second kappa shape index (κ2) is 6.90. The van der Waals surface area contributed by atoms with E-state index >= 15 is 0 Å². The fraction of sp³-hybridized carbons (Fsp3) is 0.182. The summed E-state index contributed by atoms with van der Waals surface area (Å²) in [5.41, 5.74) is 3.86. The first-order valence-corrected chi connectivity index (χ1v) is 8.34. The molecule has 4 rings (SSSR count). The summed E-state index contributed by atoms with van der Waals surface area (Å²) in [5.74, 6) is 1.13. The van der Waals surface area contributed by atoms with Crippen LogP contribution in [0.5, 0.6) is 5.75 Å². The van der Waals surface area contributed by atoms with Crippen LogP contribution in [0.3, 0.4) is 0 Å². The van der Waals surface area contributed by atoms with Gasteiger partial charge in [-0.25, -0.2) is 0 Å². The molecule has 3 aromatic rings. The summed E-state index contributed by atoms with van der Waals surface area (Å²) in [6.45, 7) is 1.46. The van der Waals surface area contributed by atoms with Crippen LogP contribution >= 0.6 is 0 Å². The van der Waals surface area contributed by atoms with E-state index in [1.807, 2.05) is 0 Å². The van der Waals surface area contributed by atoms with Gasteiger partial charge in [-0.05, 0) is 28.8 Å². The lowest BCUT2D eigenvalue weighted by Crippen LogP contribution is -2.05.